The average molecular weight is 300 g/mol. The fourth-order valence-electron chi connectivity index (χ4n) is 2.68. The first-order chi connectivity index (χ1) is 10.2. The summed E-state index contributed by atoms with van der Waals surface area (Å²) < 4.78 is 2.25. The van der Waals surface area contributed by atoms with Gasteiger partial charge in [0.15, 0.2) is 5.16 Å². The first kappa shape index (κ1) is 14.4. The topological polar surface area (TPSA) is 34.9 Å². The second kappa shape index (κ2) is 6.06. The van der Waals surface area contributed by atoms with Crippen LogP contribution in [-0.4, -0.2) is 20.6 Å². The Bertz CT molecular complexity index is 648. The van der Waals surface area contributed by atoms with Crippen molar-refractivity contribution in [2.24, 2.45) is 0 Å². The summed E-state index contributed by atoms with van der Waals surface area (Å²) in [7, 11) is 0. The highest BCUT2D eigenvalue weighted by molar-refractivity contribution is 8.00. The molecule has 3 nitrogen and oxygen atoms in total. The fraction of sp³-hybridized carbons (Fsp3) is 0.412. The van der Waals surface area contributed by atoms with Gasteiger partial charge < -0.3 is 0 Å². The zero-order valence-electron chi connectivity index (χ0n) is 12.5. The minimum absolute atomic E-state index is 0.0590. The summed E-state index contributed by atoms with van der Waals surface area (Å²) in [6, 6.07) is 10.3. The van der Waals surface area contributed by atoms with Crippen LogP contribution in [0.4, 0.5) is 0 Å². The van der Waals surface area contributed by atoms with Gasteiger partial charge in [-0.15, -0.1) is 0 Å². The molecule has 0 fully saturated rings. The summed E-state index contributed by atoms with van der Waals surface area (Å²) in [6.45, 7) is 3.60. The summed E-state index contributed by atoms with van der Waals surface area (Å²) >= 11 is 1.57. The van der Waals surface area contributed by atoms with Crippen molar-refractivity contribution in [2.45, 2.75) is 49.9 Å². The van der Waals surface area contributed by atoms with Crippen LogP contribution in [0.3, 0.4) is 0 Å². The zero-order chi connectivity index (χ0) is 14.8. The molecule has 0 aliphatic heterocycles. The molecule has 1 aliphatic rings. The maximum atomic E-state index is 11.6. The maximum Gasteiger partial charge on any atom is 0.173 e. The first-order valence-electron chi connectivity index (χ1n) is 7.50. The van der Waals surface area contributed by atoms with Gasteiger partial charge in [0, 0.05) is 11.4 Å². The van der Waals surface area contributed by atoms with Crippen LogP contribution in [0.25, 0.3) is 5.69 Å². The lowest BCUT2D eigenvalue weighted by molar-refractivity contribution is -0.116. The lowest BCUT2D eigenvalue weighted by Gasteiger charge is -2.16. The molecule has 0 bridgehead atoms. The van der Waals surface area contributed by atoms with Gasteiger partial charge in [0.25, 0.3) is 0 Å². The van der Waals surface area contributed by atoms with E-state index in [2.05, 4.69) is 16.7 Å². The quantitative estimate of drug-likeness (QED) is 0.805. The lowest BCUT2D eigenvalue weighted by atomic mass is 10.0. The molecule has 1 unspecified atom stereocenters. The van der Waals surface area contributed by atoms with Crippen LogP contribution in [0.5, 0.6) is 0 Å². The van der Waals surface area contributed by atoms with Gasteiger partial charge in [0.2, 0.25) is 0 Å². The summed E-state index contributed by atoms with van der Waals surface area (Å²) in [4.78, 5) is 16.4. The van der Waals surface area contributed by atoms with Crippen LogP contribution < -0.4 is 0 Å². The van der Waals surface area contributed by atoms with E-state index in [1.807, 2.05) is 25.1 Å². The number of ketones is 1. The number of aromatic nitrogens is 2. The molecule has 1 aromatic heterocycles. The van der Waals surface area contributed by atoms with Crippen LogP contribution in [-0.2, 0) is 17.6 Å². The highest BCUT2D eigenvalue weighted by Crippen LogP contribution is 2.32. The lowest BCUT2D eigenvalue weighted by Crippen LogP contribution is -2.11. The molecule has 0 spiro atoms. The molecule has 1 heterocycles. The van der Waals surface area contributed by atoms with E-state index in [4.69, 9.17) is 4.98 Å². The van der Waals surface area contributed by atoms with Crippen molar-refractivity contribution in [1.29, 1.82) is 0 Å². The number of para-hydroxylation sites is 1. The number of thioether (sulfide) groups is 1. The van der Waals surface area contributed by atoms with Gasteiger partial charge >= 0.3 is 0 Å². The van der Waals surface area contributed by atoms with Gasteiger partial charge in [-0.3, -0.25) is 9.36 Å². The fourth-order valence-corrected chi connectivity index (χ4v) is 3.65. The number of nitrogens with zero attached hydrogens (tertiary/aromatic N) is 2. The molecular formula is C17H20N2OS. The first-order valence-corrected chi connectivity index (χ1v) is 8.38. The Hall–Kier alpha value is -1.55. The number of Topliss-reactive ketones (excluding diaryl/α,β-unsaturated/α-hetero) is 1. The van der Waals surface area contributed by atoms with Crippen molar-refractivity contribution in [3.05, 3.63) is 41.7 Å². The molecule has 4 heteroatoms. The van der Waals surface area contributed by atoms with Gasteiger partial charge in [0.1, 0.15) is 5.78 Å². The zero-order valence-corrected chi connectivity index (χ0v) is 13.3. The minimum atomic E-state index is -0.0590. The number of carbonyl (C=O) groups is 1. The van der Waals surface area contributed by atoms with E-state index in [0.717, 1.165) is 23.7 Å². The molecule has 0 saturated carbocycles. The molecule has 1 aliphatic carbocycles. The van der Waals surface area contributed by atoms with Crippen LogP contribution in [0.1, 0.15) is 38.1 Å². The number of fused-ring (bicyclic) bond motifs is 1. The maximum absolute atomic E-state index is 11.6. The van der Waals surface area contributed by atoms with E-state index in [0.29, 0.717) is 0 Å². The summed E-state index contributed by atoms with van der Waals surface area (Å²) in [6.07, 6.45) is 4.56. The van der Waals surface area contributed by atoms with E-state index in [1.165, 1.54) is 24.2 Å². The predicted molar refractivity (Wildman–Crippen MR) is 86.2 cm³/mol. The smallest absolute Gasteiger partial charge is 0.173 e. The monoisotopic (exact) mass is 300 g/mol. The Labute approximate surface area is 129 Å². The third kappa shape index (κ3) is 2.91. The van der Waals surface area contributed by atoms with Crippen molar-refractivity contribution in [3.63, 3.8) is 0 Å². The minimum Gasteiger partial charge on any atom is -0.299 e. The van der Waals surface area contributed by atoms with Gasteiger partial charge in [-0.25, -0.2) is 4.98 Å². The Morgan fingerprint density at radius 1 is 1.24 bits per heavy atom. The van der Waals surface area contributed by atoms with E-state index in [1.54, 1.807) is 18.7 Å². The molecule has 0 saturated heterocycles. The Morgan fingerprint density at radius 2 is 1.95 bits per heavy atom. The number of aryl methyl sites for hydroxylation is 1. The second-order valence-corrected chi connectivity index (χ2v) is 6.84. The Balaban J connectivity index is 2.06. The standard InChI is InChI=1S/C17H20N2OS/c1-12(20)13(2)21-17-18-15-10-6-7-11-16(15)19(17)14-8-4-3-5-9-14/h3-5,8-9,13H,6-7,10-11H2,1-2H3. The number of carbonyl (C=O) groups excluding carboxylic acids is 1. The van der Waals surface area contributed by atoms with Gasteiger partial charge in [-0.1, -0.05) is 30.0 Å². The van der Waals surface area contributed by atoms with Crippen molar-refractivity contribution in [2.75, 3.05) is 0 Å². The van der Waals surface area contributed by atoms with E-state index < -0.39 is 0 Å². The summed E-state index contributed by atoms with van der Waals surface area (Å²) in [5, 5.41) is 0.895. The van der Waals surface area contributed by atoms with Crippen LogP contribution >= 0.6 is 11.8 Å². The molecule has 0 radical (unpaired) electrons. The highest BCUT2D eigenvalue weighted by atomic mass is 32.2. The van der Waals surface area contributed by atoms with Gasteiger partial charge in [-0.2, -0.15) is 0 Å². The van der Waals surface area contributed by atoms with Crippen molar-refractivity contribution >= 4 is 17.5 Å². The van der Waals surface area contributed by atoms with Crippen LogP contribution in [0.15, 0.2) is 35.5 Å². The predicted octanol–water partition coefficient (Wildman–Crippen LogP) is 3.82. The Morgan fingerprint density at radius 3 is 2.67 bits per heavy atom. The van der Waals surface area contributed by atoms with Crippen LogP contribution in [0, 0.1) is 0 Å². The van der Waals surface area contributed by atoms with E-state index in [9.17, 15) is 4.79 Å². The molecule has 0 N–H and O–H groups in total. The summed E-state index contributed by atoms with van der Waals surface area (Å²) in [5.41, 5.74) is 3.68. The number of hydrogen-bond donors (Lipinski definition) is 0. The highest BCUT2D eigenvalue weighted by Gasteiger charge is 2.23. The number of benzene rings is 1. The molecule has 2 aromatic rings. The van der Waals surface area contributed by atoms with Crippen molar-refractivity contribution in [3.8, 4) is 5.69 Å². The molecule has 21 heavy (non-hydrogen) atoms. The van der Waals surface area contributed by atoms with Crippen molar-refractivity contribution in [1.82, 2.24) is 9.55 Å². The third-order valence-electron chi connectivity index (χ3n) is 3.97. The number of imidazole rings is 1. The number of rotatable bonds is 4. The summed E-state index contributed by atoms with van der Waals surface area (Å²) in [5.74, 6) is 0.195. The van der Waals surface area contributed by atoms with Gasteiger partial charge in [-0.05, 0) is 51.7 Å². The molecule has 1 aromatic carbocycles. The average Bonchev–Trinajstić information content (AvgIpc) is 2.85. The second-order valence-electron chi connectivity index (χ2n) is 5.54. The SMILES string of the molecule is CC(=O)C(C)Sc1nc2c(n1-c1ccccc1)CCCC2. The third-order valence-corrected chi connectivity index (χ3v) is 5.14. The van der Waals surface area contributed by atoms with Crippen molar-refractivity contribution < 1.29 is 4.79 Å². The molecule has 1 atom stereocenters. The largest absolute Gasteiger partial charge is 0.299 e. The Kier molecular flexibility index (Phi) is 4.15. The normalized spacial score (nSPS) is 15.5. The molecule has 3 rings (SSSR count). The molecule has 0 amide bonds. The molecule has 110 valence electrons. The number of hydrogen-bond acceptors (Lipinski definition) is 3. The van der Waals surface area contributed by atoms with Gasteiger partial charge in [0.05, 0.1) is 10.9 Å². The van der Waals surface area contributed by atoms with E-state index in [-0.39, 0.29) is 11.0 Å². The van der Waals surface area contributed by atoms with E-state index >= 15 is 0 Å². The van der Waals surface area contributed by atoms with Crippen LogP contribution in [0.2, 0.25) is 0 Å². The molecular weight excluding hydrogens is 280 g/mol.